The van der Waals surface area contributed by atoms with Crippen molar-refractivity contribution in [3.05, 3.63) is 59.4 Å². The minimum Gasteiger partial charge on any atom is -0.356 e. The number of likely N-dealkylation sites (tertiary alicyclic amines) is 2. The summed E-state index contributed by atoms with van der Waals surface area (Å²) in [7, 11) is 0. The standard InChI is InChI=1S/C26H34N4O3/c1-2-12-30(22-10-15-29(16-11-22)25(32)20-8-4-3-5-9-20)19-24(31)21-17-23(27-18-21)26(33)28-13-6-7-14-28/h3-5,8-9,17-18,22,27H,2,6-7,10-16,19H2,1H3. The molecule has 4 rings (SSSR count). The van der Waals surface area contributed by atoms with Gasteiger partial charge in [-0.05, 0) is 56.8 Å². The van der Waals surface area contributed by atoms with Gasteiger partial charge in [0.1, 0.15) is 5.69 Å². The van der Waals surface area contributed by atoms with Crippen LogP contribution in [0, 0.1) is 0 Å². The van der Waals surface area contributed by atoms with Crippen LogP contribution in [0.25, 0.3) is 0 Å². The molecule has 2 fully saturated rings. The summed E-state index contributed by atoms with van der Waals surface area (Å²) in [5.41, 5.74) is 1.79. The van der Waals surface area contributed by atoms with Gasteiger partial charge < -0.3 is 14.8 Å². The van der Waals surface area contributed by atoms with E-state index < -0.39 is 0 Å². The number of benzene rings is 1. The molecule has 3 heterocycles. The van der Waals surface area contributed by atoms with Crippen LogP contribution in [0.1, 0.15) is 70.2 Å². The first-order valence-corrected chi connectivity index (χ1v) is 12.2. The summed E-state index contributed by atoms with van der Waals surface area (Å²) in [5.74, 6) is 0.0880. The highest BCUT2D eigenvalue weighted by Crippen LogP contribution is 2.20. The number of carbonyl (C=O) groups excluding carboxylic acids is 3. The van der Waals surface area contributed by atoms with Gasteiger partial charge in [0.25, 0.3) is 11.8 Å². The van der Waals surface area contributed by atoms with E-state index in [0.29, 0.717) is 30.9 Å². The molecule has 176 valence electrons. The number of nitrogens with one attached hydrogen (secondary N) is 1. The minimum atomic E-state index is -0.0209. The van der Waals surface area contributed by atoms with Crippen LogP contribution in [-0.2, 0) is 0 Å². The predicted octanol–water partition coefficient (Wildman–Crippen LogP) is 3.45. The van der Waals surface area contributed by atoms with Crippen LogP contribution in [0.4, 0.5) is 0 Å². The highest BCUT2D eigenvalue weighted by molar-refractivity contribution is 6.01. The fourth-order valence-corrected chi connectivity index (χ4v) is 4.92. The zero-order valence-corrected chi connectivity index (χ0v) is 19.5. The Balaban J connectivity index is 1.34. The maximum atomic E-state index is 13.0. The van der Waals surface area contributed by atoms with Crippen molar-refractivity contribution in [1.29, 1.82) is 0 Å². The molecule has 1 aromatic carbocycles. The molecule has 0 spiro atoms. The van der Waals surface area contributed by atoms with E-state index in [9.17, 15) is 14.4 Å². The van der Waals surface area contributed by atoms with E-state index >= 15 is 0 Å². The molecule has 1 aromatic heterocycles. The molecule has 0 saturated carbocycles. The number of ketones is 1. The summed E-state index contributed by atoms with van der Waals surface area (Å²) in [6, 6.07) is 11.4. The number of Topliss-reactive ketones (excluding diaryl/α,β-unsaturated/α-hetero) is 1. The smallest absolute Gasteiger partial charge is 0.270 e. The molecular weight excluding hydrogens is 416 g/mol. The molecule has 0 aliphatic carbocycles. The molecule has 0 radical (unpaired) electrons. The number of piperidine rings is 1. The number of aromatic nitrogens is 1. The Morgan fingerprint density at radius 3 is 2.27 bits per heavy atom. The van der Waals surface area contributed by atoms with Gasteiger partial charge in [0, 0.05) is 49.5 Å². The quantitative estimate of drug-likeness (QED) is 0.625. The Bertz CT molecular complexity index is 957. The number of rotatable bonds is 8. The normalized spacial score (nSPS) is 17.0. The molecule has 7 nitrogen and oxygen atoms in total. The van der Waals surface area contributed by atoms with Gasteiger partial charge in [-0.25, -0.2) is 0 Å². The number of hydrogen-bond donors (Lipinski definition) is 1. The Morgan fingerprint density at radius 2 is 1.61 bits per heavy atom. The summed E-state index contributed by atoms with van der Waals surface area (Å²) in [4.78, 5) is 47.4. The Hall–Kier alpha value is -2.93. The van der Waals surface area contributed by atoms with Crippen LogP contribution in [0.2, 0.25) is 0 Å². The molecule has 0 atom stereocenters. The van der Waals surface area contributed by atoms with E-state index in [2.05, 4.69) is 16.8 Å². The fraction of sp³-hybridized carbons (Fsp3) is 0.500. The second kappa shape index (κ2) is 10.8. The van der Waals surface area contributed by atoms with Crippen LogP contribution in [0.3, 0.4) is 0 Å². The SMILES string of the molecule is CCCN(CC(=O)c1c[nH]c(C(=O)N2CCCC2)c1)C1CCN(C(=O)c2ccccc2)CC1. The van der Waals surface area contributed by atoms with Crippen LogP contribution >= 0.6 is 0 Å². The highest BCUT2D eigenvalue weighted by Gasteiger charge is 2.29. The van der Waals surface area contributed by atoms with Crippen molar-refractivity contribution in [2.24, 2.45) is 0 Å². The molecule has 2 saturated heterocycles. The third kappa shape index (κ3) is 5.53. The second-order valence-electron chi connectivity index (χ2n) is 9.08. The lowest BCUT2D eigenvalue weighted by Gasteiger charge is -2.38. The average Bonchev–Trinajstić information content (AvgIpc) is 3.56. The third-order valence-corrected chi connectivity index (χ3v) is 6.78. The van der Waals surface area contributed by atoms with Crippen LogP contribution in [-0.4, -0.2) is 82.6 Å². The van der Waals surface area contributed by atoms with E-state index in [4.69, 9.17) is 0 Å². The lowest BCUT2D eigenvalue weighted by atomic mass is 10.0. The van der Waals surface area contributed by atoms with E-state index in [-0.39, 0.29) is 23.6 Å². The van der Waals surface area contributed by atoms with Crippen molar-refractivity contribution in [2.75, 3.05) is 39.3 Å². The Kier molecular flexibility index (Phi) is 7.60. The summed E-state index contributed by atoms with van der Waals surface area (Å²) in [6.45, 7) is 6.27. The van der Waals surface area contributed by atoms with E-state index in [1.165, 1.54) is 0 Å². The molecule has 2 aliphatic rings. The molecule has 2 amide bonds. The second-order valence-corrected chi connectivity index (χ2v) is 9.08. The monoisotopic (exact) mass is 450 g/mol. The van der Waals surface area contributed by atoms with Crippen molar-refractivity contribution in [1.82, 2.24) is 19.7 Å². The molecule has 7 heteroatoms. The van der Waals surface area contributed by atoms with Gasteiger partial charge in [-0.3, -0.25) is 19.3 Å². The molecule has 33 heavy (non-hydrogen) atoms. The average molecular weight is 451 g/mol. The Morgan fingerprint density at radius 1 is 0.939 bits per heavy atom. The number of amides is 2. The van der Waals surface area contributed by atoms with E-state index in [0.717, 1.165) is 57.3 Å². The van der Waals surface area contributed by atoms with Gasteiger partial charge in [-0.1, -0.05) is 25.1 Å². The maximum Gasteiger partial charge on any atom is 0.270 e. The van der Waals surface area contributed by atoms with Crippen LogP contribution < -0.4 is 0 Å². The van der Waals surface area contributed by atoms with Crippen molar-refractivity contribution >= 4 is 17.6 Å². The zero-order valence-electron chi connectivity index (χ0n) is 19.5. The van der Waals surface area contributed by atoms with Crippen LogP contribution in [0.5, 0.6) is 0 Å². The first-order valence-electron chi connectivity index (χ1n) is 12.2. The zero-order chi connectivity index (χ0) is 23.2. The highest BCUT2D eigenvalue weighted by atomic mass is 16.2. The third-order valence-electron chi connectivity index (χ3n) is 6.78. The van der Waals surface area contributed by atoms with Crippen molar-refractivity contribution in [3.63, 3.8) is 0 Å². The molecule has 0 bridgehead atoms. The number of aromatic amines is 1. The minimum absolute atomic E-state index is 0.0209. The molecule has 1 N–H and O–H groups in total. The van der Waals surface area contributed by atoms with Gasteiger partial charge >= 0.3 is 0 Å². The molecular formula is C26H34N4O3. The first kappa shape index (κ1) is 23.2. The summed E-state index contributed by atoms with van der Waals surface area (Å²) < 4.78 is 0. The van der Waals surface area contributed by atoms with Gasteiger partial charge in [0.15, 0.2) is 5.78 Å². The lowest BCUT2D eigenvalue weighted by Crippen LogP contribution is -2.48. The first-order chi connectivity index (χ1) is 16.1. The van der Waals surface area contributed by atoms with Crippen molar-refractivity contribution in [2.45, 2.75) is 45.1 Å². The summed E-state index contributed by atoms with van der Waals surface area (Å²) in [6.07, 6.45) is 6.43. The summed E-state index contributed by atoms with van der Waals surface area (Å²) >= 11 is 0. The fourth-order valence-electron chi connectivity index (χ4n) is 4.92. The van der Waals surface area contributed by atoms with Crippen LogP contribution in [0.15, 0.2) is 42.6 Å². The molecule has 2 aliphatic heterocycles. The number of hydrogen-bond acceptors (Lipinski definition) is 4. The largest absolute Gasteiger partial charge is 0.356 e. The molecule has 2 aromatic rings. The number of carbonyl (C=O) groups is 3. The maximum absolute atomic E-state index is 13.0. The van der Waals surface area contributed by atoms with Gasteiger partial charge in [0.05, 0.1) is 6.54 Å². The van der Waals surface area contributed by atoms with Crippen molar-refractivity contribution < 1.29 is 14.4 Å². The van der Waals surface area contributed by atoms with Gasteiger partial charge in [-0.15, -0.1) is 0 Å². The summed E-state index contributed by atoms with van der Waals surface area (Å²) in [5, 5.41) is 0. The van der Waals surface area contributed by atoms with Gasteiger partial charge in [0.2, 0.25) is 0 Å². The van der Waals surface area contributed by atoms with Gasteiger partial charge in [-0.2, -0.15) is 0 Å². The van der Waals surface area contributed by atoms with E-state index in [1.54, 1.807) is 12.3 Å². The number of H-pyrrole nitrogens is 1. The Labute approximate surface area is 195 Å². The van der Waals surface area contributed by atoms with Crippen molar-refractivity contribution in [3.8, 4) is 0 Å². The topological polar surface area (TPSA) is 76.7 Å². The van der Waals surface area contributed by atoms with E-state index in [1.807, 2.05) is 40.1 Å². The predicted molar refractivity (Wildman–Crippen MR) is 127 cm³/mol. The number of nitrogens with zero attached hydrogens (tertiary/aromatic N) is 3. The molecule has 0 unspecified atom stereocenters. The lowest BCUT2D eigenvalue weighted by molar-refractivity contribution is 0.0595.